The largest absolute Gasteiger partial charge is 0.454 e. The van der Waals surface area contributed by atoms with Crippen LogP contribution in [0.3, 0.4) is 0 Å². The summed E-state index contributed by atoms with van der Waals surface area (Å²) < 4.78 is 16.2. The van der Waals surface area contributed by atoms with Gasteiger partial charge >= 0.3 is 0 Å². The highest BCUT2D eigenvalue weighted by molar-refractivity contribution is 6.00. The van der Waals surface area contributed by atoms with E-state index in [-0.39, 0.29) is 12.7 Å². The lowest BCUT2D eigenvalue weighted by molar-refractivity contribution is -0.118. The number of carbonyl (C=O) groups is 1. The van der Waals surface area contributed by atoms with Gasteiger partial charge in [0.25, 0.3) is 0 Å². The average Bonchev–Trinajstić information content (AvgIpc) is 3.12. The highest BCUT2D eigenvalue weighted by atomic mass is 16.7. The average molecular weight is 349 g/mol. The number of benzene rings is 1. The molecular weight excluding hydrogens is 334 g/mol. The van der Waals surface area contributed by atoms with E-state index >= 15 is 0 Å². The van der Waals surface area contributed by atoms with Gasteiger partial charge in [-0.05, 0) is 43.2 Å². The Labute approximate surface area is 148 Å². The molecule has 1 aliphatic heterocycles. The van der Waals surface area contributed by atoms with Crippen molar-refractivity contribution in [1.82, 2.24) is 10.1 Å². The van der Waals surface area contributed by atoms with Gasteiger partial charge in [0.15, 0.2) is 17.3 Å². The molecule has 1 saturated carbocycles. The quantitative estimate of drug-likeness (QED) is 0.779. The van der Waals surface area contributed by atoms with Gasteiger partial charge in [0.05, 0.1) is 11.1 Å². The van der Waals surface area contributed by atoms with Gasteiger partial charge in [0.2, 0.25) is 12.7 Å². The summed E-state index contributed by atoms with van der Waals surface area (Å²) in [7, 11) is 0. The zero-order valence-corrected chi connectivity index (χ0v) is 13.8. The summed E-state index contributed by atoms with van der Waals surface area (Å²) in [4.78, 5) is 16.9. The molecule has 2 aromatic heterocycles. The number of aromatic nitrogens is 2. The van der Waals surface area contributed by atoms with Crippen LogP contribution in [0.25, 0.3) is 11.3 Å². The molecule has 3 heterocycles. The number of pyridine rings is 1. The van der Waals surface area contributed by atoms with E-state index < -0.39 is 5.41 Å². The molecule has 5 rings (SSSR count). The molecule has 0 unspecified atom stereocenters. The van der Waals surface area contributed by atoms with E-state index in [4.69, 9.17) is 14.0 Å². The van der Waals surface area contributed by atoms with E-state index in [0.717, 1.165) is 18.4 Å². The molecule has 1 fully saturated rings. The lowest BCUT2D eigenvalue weighted by Crippen LogP contribution is -2.28. The van der Waals surface area contributed by atoms with E-state index in [1.54, 1.807) is 18.3 Å². The summed E-state index contributed by atoms with van der Waals surface area (Å²) in [6.07, 6.45) is 3.11. The summed E-state index contributed by atoms with van der Waals surface area (Å²) in [5.41, 5.74) is 0.822. The van der Waals surface area contributed by atoms with Crippen LogP contribution in [0.5, 0.6) is 11.5 Å². The van der Waals surface area contributed by atoms with Crippen LogP contribution in [0.2, 0.25) is 0 Å². The standard InChI is InChI=1S/C19H15N3O4/c23-18(21-17-3-1-2-8-20-17)19(6-7-19)16-10-14(26-22-16)12-4-5-13-15(9-12)25-11-24-13/h1-5,8-10H,6-7,11H2,(H,20,21,23). The molecule has 3 aromatic rings. The maximum atomic E-state index is 12.7. The second kappa shape index (κ2) is 5.59. The molecule has 1 N–H and O–H groups in total. The van der Waals surface area contributed by atoms with E-state index in [2.05, 4.69) is 15.5 Å². The number of ether oxygens (including phenoxy) is 2. The Morgan fingerprint density at radius 3 is 2.77 bits per heavy atom. The van der Waals surface area contributed by atoms with Crippen LogP contribution in [0.1, 0.15) is 18.5 Å². The minimum atomic E-state index is -0.643. The van der Waals surface area contributed by atoms with Gasteiger partial charge in [0, 0.05) is 17.8 Å². The second-order valence-electron chi connectivity index (χ2n) is 6.40. The molecule has 26 heavy (non-hydrogen) atoms. The molecule has 130 valence electrons. The van der Waals surface area contributed by atoms with E-state index in [1.807, 2.05) is 30.3 Å². The van der Waals surface area contributed by atoms with Gasteiger partial charge in [-0.15, -0.1) is 0 Å². The summed E-state index contributed by atoms with van der Waals surface area (Å²) >= 11 is 0. The van der Waals surface area contributed by atoms with Crippen molar-refractivity contribution in [3.05, 3.63) is 54.4 Å². The van der Waals surface area contributed by atoms with E-state index in [1.165, 1.54) is 0 Å². The number of carbonyl (C=O) groups excluding carboxylic acids is 1. The molecular formula is C19H15N3O4. The van der Waals surface area contributed by atoms with Crippen molar-refractivity contribution in [2.75, 3.05) is 12.1 Å². The highest BCUT2D eigenvalue weighted by Crippen LogP contribution is 2.49. The summed E-state index contributed by atoms with van der Waals surface area (Å²) in [5.74, 6) is 2.40. The molecule has 2 aliphatic rings. The first-order chi connectivity index (χ1) is 12.7. The maximum Gasteiger partial charge on any atom is 0.237 e. The Kier molecular flexibility index (Phi) is 3.21. The number of anilines is 1. The highest BCUT2D eigenvalue weighted by Gasteiger charge is 2.54. The van der Waals surface area contributed by atoms with Crippen molar-refractivity contribution in [3.63, 3.8) is 0 Å². The van der Waals surface area contributed by atoms with Crippen molar-refractivity contribution < 1.29 is 18.8 Å². The zero-order chi connectivity index (χ0) is 17.6. The van der Waals surface area contributed by atoms with Gasteiger partial charge in [0.1, 0.15) is 5.82 Å². The van der Waals surface area contributed by atoms with Crippen LogP contribution in [-0.2, 0) is 10.2 Å². The smallest absolute Gasteiger partial charge is 0.237 e. The topological polar surface area (TPSA) is 86.5 Å². The molecule has 0 radical (unpaired) electrons. The number of hydrogen-bond donors (Lipinski definition) is 1. The number of hydrogen-bond acceptors (Lipinski definition) is 6. The van der Waals surface area contributed by atoms with Crippen LogP contribution in [0, 0.1) is 0 Å². The van der Waals surface area contributed by atoms with E-state index in [0.29, 0.717) is 28.8 Å². The molecule has 0 saturated heterocycles. The number of nitrogens with zero attached hydrogens (tertiary/aromatic N) is 2. The first-order valence-electron chi connectivity index (χ1n) is 8.34. The minimum absolute atomic E-state index is 0.110. The van der Waals surface area contributed by atoms with E-state index in [9.17, 15) is 4.79 Å². The van der Waals surface area contributed by atoms with Crippen molar-refractivity contribution in [2.45, 2.75) is 18.3 Å². The number of nitrogens with one attached hydrogen (secondary N) is 1. The van der Waals surface area contributed by atoms with Gasteiger partial charge < -0.3 is 19.3 Å². The molecule has 0 bridgehead atoms. The van der Waals surface area contributed by atoms with Crippen LogP contribution in [0.4, 0.5) is 5.82 Å². The Bertz CT molecular complexity index is 979. The number of amides is 1. The third-order valence-corrected chi connectivity index (χ3v) is 4.75. The minimum Gasteiger partial charge on any atom is -0.454 e. The van der Waals surface area contributed by atoms with Crippen molar-refractivity contribution in [3.8, 4) is 22.8 Å². The van der Waals surface area contributed by atoms with Crippen LogP contribution < -0.4 is 14.8 Å². The van der Waals surface area contributed by atoms with Crippen LogP contribution in [-0.4, -0.2) is 22.8 Å². The number of rotatable bonds is 4. The van der Waals surface area contributed by atoms with Gasteiger partial charge in [-0.2, -0.15) is 0 Å². The fraction of sp³-hybridized carbons (Fsp3) is 0.211. The fourth-order valence-corrected chi connectivity index (χ4v) is 3.08. The molecule has 0 atom stereocenters. The summed E-state index contributed by atoms with van der Waals surface area (Å²) in [5, 5.41) is 7.01. The zero-order valence-electron chi connectivity index (χ0n) is 13.8. The predicted molar refractivity (Wildman–Crippen MR) is 91.8 cm³/mol. The predicted octanol–water partition coefficient (Wildman–Crippen LogP) is 3.14. The first kappa shape index (κ1) is 14.9. The van der Waals surface area contributed by atoms with Gasteiger partial charge in [-0.1, -0.05) is 11.2 Å². The van der Waals surface area contributed by atoms with Gasteiger partial charge in [-0.25, -0.2) is 4.98 Å². The van der Waals surface area contributed by atoms with Crippen LogP contribution >= 0.6 is 0 Å². The molecule has 1 aromatic carbocycles. The summed E-state index contributed by atoms with van der Waals surface area (Å²) in [6, 6.07) is 12.8. The Hall–Kier alpha value is -3.35. The summed E-state index contributed by atoms with van der Waals surface area (Å²) in [6.45, 7) is 0.219. The molecule has 7 nitrogen and oxygen atoms in total. The second-order valence-corrected chi connectivity index (χ2v) is 6.40. The monoisotopic (exact) mass is 349 g/mol. The number of fused-ring (bicyclic) bond motifs is 1. The van der Waals surface area contributed by atoms with Crippen molar-refractivity contribution >= 4 is 11.7 Å². The third-order valence-electron chi connectivity index (χ3n) is 4.75. The fourth-order valence-electron chi connectivity index (χ4n) is 3.08. The lowest BCUT2D eigenvalue weighted by Gasteiger charge is -2.11. The maximum absolute atomic E-state index is 12.7. The van der Waals surface area contributed by atoms with Crippen molar-refractivity contribution in [1.29, 1.82) is 0 Å². The Balaban J connectivity index is 1.40. The molecule has 0 spiro atoms. The Morgan fingerprint density at radius 1 is 1.08 bits per heavy atom. The normalized spacial score (nSPS) is 16.3. The third kappa shape index (κ3) is 2.40. The first-order valence-corrected chi connectivity index (χ1v) is 8.34. The SMILES string of the molecule is O=C(Nc1ccccn1)C1(c2cc(-c3ccc4c(c3)OCO4)on2)CC1. The van der Waals surface area contributed by atoms with Crippen LogP contribution in [0.15, 0.2) is 53.2 Å². The Morgan fingerprint density at radius 2 is 1.96 bits per heavy atom. The molecule has 1 amide bonds. The molecule has 1 aliphatic carbocycles. The van der Waals surface area contributed by atoms with Gasteiger partial charge in [-0.3, -0.25) is 4.79 Å². The lowest BCUT2D eigenvalue weighted by atomic mass is 10.0. The molecule has 7 heteroatoms. The van der Waals surface area contributed by atoms with Crippen molar-refractivity contribution in [2.24, 2.45) is 0 Å².